The van der Waals surface area contributed by atoms with Crippen molar-refractivity contribution in [1.82, 2.24) is 0 Å². The maximum atomic E-state index is 11.8. The number of hydrogen-bond donors (Lipinski definition) is 0. The van der Waals surface area contributed by atoms with Crippen molar-refractivity contribution in [2.45, 2.75) is 58.4 Å². The van der Waals surface area contributed by atoms with Crippen LogP contribution in [0.1, 0.15) is 27.7 Å². The molecule has 11 nitrogen and oxygen atoms in total. The van der Waals surface area contributed by atoms with Crippen LogP contribution in [-0.2, 0) is 42.9 Å². The summed E-state index contributed by atoms with van der Waals surface area (Å²) in [5, 5.41) is 0. The standard InChI is InChI=1S/C21H26O11/c1-11(22)27-10-17-18(28-12(2)23)19(29-13(3)24)20(30-14(4)25)21(32-17)31-16-8-6-15(26-5)7-9-16/h6-9,17-21H,10H2,1-5H3/t17-,18+,19+,20-,21?/m1/s1. The van der Waals surface area contributed by atoms with Gasteiger partial charge in [-0.25, -0.2) is 0 Å². The molecule has 0 radical (unpaired) electrons. The average Bonchev–Trinajstić information content (AvgIpc) is 2.70. The topological polar surface area (TPSA) is 133 Å². The molecule has 1 fully saturated rings. The zero-order valence-corrected chi connectivity index (χ0v) is 18.4. The minimum Gasteiger partial charge on any atom is -0.497 e. The van der Waals surface area contributed by atoms with Crippen molar-refractivity contribution in [1.29, 1.82) is 0 Å². The Bertz CT molecular complexity index is 820. The molecule has 1 saturated heterocycles. The van der Waals surface area contributed by atoms with Crippen molar-refractivity contribution in [2.75, 3.05) is 13.7 Å². The first-order chi connectivity index (χ1) is 15.1. The minimum absolute atomic E-state index is 0.326. The number of hydrogen-bond acceptors (Lipinski definition) is 11. The number of benzene rings is 1. The Morgan fingerprint density at radius 3 is 1.75 bits per heavy atom. The first-order valence-electron chi connectivity index (χ1n) is 9.72. The van der Waals surface area contributed by atoms with Crippen molar-refractivity contribution in [3.05, 3.63) is 24.3 Å². The predicted molar refractivity (Wildman–Crippen MR) is 106 cm³/mol. The van der Waals surface area contributed by atoms with Gasteiger partial charge in [-0.1, -0.05) is 0 Å². The Kier molecular flexibility index (Phi) is 8.82. The van der Waals surface area contributed by atoms with Crippen molar-refractivity contribution < 1.29 is 52.3 Å². The van der Waals surface area contributed by atoms with Gasteiger partial charge in [-0.05, 0) is 24.3 Å². The quantitative estimate of drug-likeness (QED) is 0.414. The lowest BCUT2D eigenvalue weighted by molar-refractivity contribution is -0.288. The van der Waals surface area contributed by atoms with E-state index in [1.165, 1.54) is 14.0 Å². The fraction of sp³-hybridized carbons (Fsp3) is 0.524. The second-order valence-electron chi connectivity index (χ2n) is 6.86. The van der Waals surface area contributed by atoms with Crippen LogP contribution in [0.3, 0.4) is 0 Å². The molecule has 0 N–H and O–H groups in total. The molecule has 11 heteroatoms. The molecular weight excluding hydrogens is 428 g/mol. The number of methoxy groups -OCH3 is 1. The molecule has 0 aliphatic carbocycles. The summed E-state index contributed by atoms with van der Waals surface area (Å²) in [6.07, 6.45) is -6.20. The molecule has 1 aromatic rings. The number of ether oxygens (including phenoxy) is 7. The monoisotopic (exact) mass is 454 g/mol. The van der Waals surface area contributed by atoms with Crippen molar-refractivity contribution in [3.63, 3.8) is 0 Å². The molecule has 1 aliphatic heterocycles. The Hall–Kier alpha value is -3.34. The van der Waals surface area contributed by atoms with Crippen LogP contribution < -0.4 is 9.47 Å². The zero-order valence-electron chi connectivity index (χ0n) is 18.4. The number of carbonyl (C=O) groups excluding carboxylic acids is 4. The number of rotatable bonds is 8. The van der Waals surface area contributed by atoms with Crippen LogP contribution >= 0.6 is 0 Å². The van der Waals surface area contributed by atoms with E-state index < -0.39 is 54.6 Å². The average molecular weight is 454 g/mol. The lowest BCUT2D eigenvalue weighted by Crippen LogP contribution is -2.63. The second-order valence-corrected chi connectivity index (χ2v) is 6.86. The molecule has 0 bridgehead atoms. The number of esters is 4. The van der Waals surface area contributed by atoms with Crippen LogP contribution in [0.25, 0.3) is 0 Å². The van der Waals surface area contributed by atoms with Gasteiger partial charge in [0.05, 0.1) is 7.11 Å². The summed E-state index contributed by atoms with van der Waals surface area (Å²) in [5.74, 6) is -1.83. The van der Waals surface area contributed by atoms with Gasteiger partial charge in [0, 0.05) is 27.7 Å². The van der Waals surface area contributed by atoms with Crippen molar-refractivity contribution >= 4 is 23.9 Å². The number of carbonyl (C=O) groups is 4. The summed E-state index contributed by atoms with van der Waals surface area (Å²) in [4.78, 5) is 46.6. The highest BCUT2D eigenvalue weighted by molar-refractivity contribution is 5.68. The van der Waals surface area contributed by atoms with Crippen LogP contribution in [0.5, 0.6) is 11.5 Å². The smallest absolute Gasteiger partial charge is 0.303 e. The fourth-order valence-electron chi connectivity index (χ4n) is 3.07. The van der Waals surface area contributed by atoms with E-state index in [1.807, 2.05) is 0 Å². The Labute approximate surface area is 184 Å². The van der Waals surface area contributed by atoms with Crippen LogP contribution in [0, 0.1) is 0 Å². The summed E-state index contributed by atoms with van der Waals surface area (Å²) < 4.78 is 37.8. The van der Waals surface area contributed by atoms with Gasteiger partial charge in [0.25, 0.3) is 0 Å². The van der Waals surface area contributed by atoms with Gasteiger partial charge >= 0.3 is 23.9 Å². The van der Waals surface area contributed by atoms with E-state index in [-0.39, 0.29) is 6.61 Å². The maximum Gasteiger partial charge on any atom is 0.303 e. The summed E-state index contributed by atoms with van der Waals surface area (Å²) in [6.45, 7) is 4.31. The van der Waals surface area contributed by atoms with Crippen LogP contribution in [0.15, 0.2) is 24.3 Å². The predicted octanol–water partition coefficient (Wildman–Crippen LogP) is 1.16. The highest BCUT2D eigenvalue weighted by Crippen LogP contribution is 2.31. The van der Waals surface area contributed by atoms with E-state index >= 15 is 0 Å². The lowest BCUT2D eigenvalue weighted by Gasteiger charge is -2.43. The highest BCUT2D eigenvalue weighted by atomic mass is 16.7. The Morgan fingerprint density at radius 1 is 0.750 bits per heavy atom. The molecule has 1 aliphatic rings. The Morgan fingerprint density at radius 2 is 1.25 bits per heavy atom. The largest absolute Gasteiger partial charge is 0.497 e. The third-order valence-electron chi connectivity index (χ3n) is 4.26. The molecule has 0 saturated carbocycles. The molecule has 1 aromatic carbocycles. The molecule has 2 rings (SSSR count). The molecule has 32 heavy (non-hydrogen) atoms. The van der Waals surface area contributed by atoms with Gasteiger partial charge in [0.15, 0.2) is 12.2 Å². The van der Waals surface area contributed by atoms with Gasteiger partial charge in [0.1, 0.15) is 24.2 Å². The summed E-state index contributed by atoms with van der Waals surface area (Å²) in [6, 6.07) is 6.46. The SMILES string of the molecule is COc1ccc(OC2O[C@H](COC(C)=O)[C@H](OC(C)=O)[C@H](OC(C)=O)[C@H]2OC(C)=O)cc1. The van der Waals surface area contributed by atoms with E-state index in [1.54, 1.807) is 24.3 Å². The summed E-state index contributed by atoms with van der Waals surface area (Å²) >= 11 is 0. The van der Waals surface area contributed by atoms with Gasteiger partial charge < -0.3 is 33.2 Å². The van der Waals surface area contributed by atoms with Crippen LogP contribution in [-0.4, -0.2) is 68.3 Å². The van der Waals surface area contributed by atoms with Gasteiger partial charge in [-0.2, -0.15) is 0 Å². The third-order valence-corrected chi connectivity index (χ3v) is 4.26. The van der Waals surface area contributed by atoms with E-state index in [2.05, 4.69) is 0 Å². The molecule has 0 aromatic heterocycles. The lowest BCUT2D eigenvalue weighted by atomic mass is 9.98. The fourth-order valence-corrected chi connectivity index (χ4v) is 3.07. The molecule has 0 amide bonds. The van der Waals surface area contributed by atoms with E-state index in [0.29, 0.717) is 11.5 Å². The second kappa shape index (κ2) is 11.3. The first kappa shape index (κ1) is 24.9. The minimum atomic E-state index is -1.29. The van der Waals surface area contributed by atoms with Crippen LogP contribution in [0.4, 0.5) is 0 Å². The van der Waals surface area contributed by atoms with Crippen molar-refractivity contribution in [3.8, 4) is 11.5 Å². The highest BCUT2D eigenvalue weighted by Gasteiger charge is 2.53. The molecular formula is C21H26O11. The zero-order chi connectivity index (χ0) is 23.8. The van der Waals surface area contributed by atoms with E-state index in [9.17, 15) is 19.2 Å². The maximum absolute atomic E-state index is 11.8. The summed E-state index contributed by atoms with van der Waals surface area (Å²) in [5.41, 5.74) is 0. The van der Waals surface area contributed by atoms with Crippen molar-refractivity contribution in [2.24, 2.45) is 0 Å². The normalized spacial score (nSPS) is 24.6. The Balaban J connectivity index is 2.42. The van der Waals surface area contributed by atoms with Crippen LogP contribution in [0.2, 0.25) is 0 Å². The molecule has 1 heterocycles. The first-order valence-corrected chi connectivity index (χ1v) is 9.72. The van der Waals surface area contributed by atoms with E-state index in [0.717, 1.165) is 20.8 Å². The molecule has 0 spiro atoms. The molecule has 176 valence electrons. The molecule has 5 atom stereocenters. The van der Waals surface area contributed by atoms with E-state index in [4.69, 9.17) is 33.2 Å². The summed E-state index contributed by atoms with van der Waals surface area (Å²) in [7, 11) is 1.51. The van der Waals surface area contributed by atoms with Gasteiger partial charge in [-0.15, -0.1) is 0 Å². The third kappa shape index (κ3) is 7.12. The van der Waals surface area contributed by atoms with Gasteiger partial charge in [-0.3, -0.25) is 19.2 Å². The molecule has 1 unspecified atom stereocenters. The van der Waals surface area contributed by atoms with Gasteiger partial charge in [0.2, 0.25) is 12.4 Å².